The highest BCUT2D eigenvalue weighted by Gasteiger charge is 2.17. The minimum atomic E-state index is 0.625. The molecule has 1 heterocycles. The van der Waals surface area contributed by atoms with E-state index < -0.39 is 0 Å². The molecule has 20 heavy (non-hydrogen) atoms. The highest BCUT2D eigenvalue weighted by atomic mass is 32.2. The maximum absolute atomic E-state index is 4.64. The summed E-state index contributed by atoms with van der Waals surface area (Å²) in [5, 5.41) is 4.61. The third-order valence-electron chi connectivity index (χ3n) is 3.49. The number of hydrogen-bond acceptors (Lipinski definition) is 3. The van der Waals surface area contributed by atoms with Crippen molar-refractivity contribution < 1.29 is 0 Å². The van der Waals surface area contributed by atoms with Gasteiger partial charge in [-0.15, -0.1) is 0 Å². The van der Waals surface area contributed by atoms with Gasteiger partial charge in [-0.3, -0.25) is 4.99 Å². The second-order valence-electron chi connectivity index (χ2n) is 5.32. The lowest BCUT2D eigenvalue weighted by atomic mass is 10.2. The van der Waals surface area contributed by atoms with Crippen molar-refractivity contribution in [3.63, 3.8) is 0 Å². The molecular formula is C16H25N3S. The first-order chi connectivity index (χ1) is 9.78. The van der Waals surface area contributed by atoms with Crippen LogP contribution in [0.4, 0.5) is 0 Å². The topological polar surface area (TPSA) is 27.6 Å². The van der Waals surface area contributed by atoms with Gasteiger partial charge >= 0.3 is 0 Å². The first kappa shape index (κ1) is 15.4. The predicted octanol–water partition coefficient (Wildman–Crippen LogP) is 2.98. The molecule has 0 spiro atoms. The lowest BCUT2D eigenvalue weighted by Gasteiger charge is -2.15. The predicted molar refractivity (Wildman–Crippen MR) is 89.4 cm³/mol. The quantitative estimate of drug-likeness (QED) is 0.783. The number of hydrogen-bond donors (Lipinski definition) is 1. The first-order valence-electron chi connectivity index (χ1n) is 7.44. The van der Waals surface area contributed by atoms with Crippen LogP contribution in [-0.4, -0.2) is 42.0 Å². The Morgan fingerprint density at radius 3 is 2.85 bits per heavy atom. The van der Waals surface area contributed by atoms with E-state index in [2.05, 4.69) is 59.5 Å². The number of aliphatic imine (C=N–C) groups is 1. The van der Waals surface area contributed by atoms with E-state index in [1.807, 2.05) is 11.8 Å². The zero-order valence-corrected chi connectivity index (χ0v) is 13.3. The maximum atomic E-state index is 4.64. The van der Waals surface area contributed by atoms with E-state index >= 15 is 0 Å². The molecule has 2 rings (SSSR count). The van der Waals surface area contributed by atoms with Crippen molar-refractivity contribution in [1.29, 1.82) is 0 Å². The fraction of sp³-hybridized carbons (Fsp3) is 0.562. The van der Waals surface area contributed by atoms with E-state index in [1.165, 1.54) is 17.7 Å². The van der Waals surface area contributed by atoms with Crippen LogP contribution in [-0.2, 0) is 6.54 Å². The Hall–Kier alpha value is -1.00. The molecule has 0 amide bonds. The molecule has 0 bridgehead atoms. The highest BCUT2D eigenvalue weighted by Crippen LogP contribution is 2.15. The summed E-state index contributed by atoms with van der Waals surface area (Å²) in [5.41, 5.74) is 1.38. The lowest BCUT2D eigenvalue weighted by Crippen LogP contribution is -2.26. The Bertz CT molecular complexity index is 419. The SMILES string of the molecule is CCC1CSC(=NCCCN(C)Cc2ccccc2)N1. The summed E-state index contributed by atoms with van der Waals surface area (Å²) >= 11 is 1.86. The van der Waals surface area contributed by atoms with Gasteiger partial charge in [0.2, 0.25) is 0 Å². The zero-order valence-electron chi connectivity index (χ0n) is 12.5. The molecule has 1 fully saturated rings. The van der Waals surface area contributed by atoms with Gasteiger partial charge in [0, 0.05) is 24.9 Å². The molecule has 1 aliphatic heterocycles. The van der Waals surface area contributed by atoms with Crippen LogP contribution in [0.25, 0.3) is 0 Å². The van der Waals surface area contributed by atoms with Gasteiger partial charge in [0.25, 0.3) is 0 Å². The van der Waals surface area contributed by atoms with Crippen molar-refractivity contribution in [3.05, 3.63) is 35.9 Å². The molecule has 0 radical (unpaired) electrons. The lowest BCUT2D eigenvalue weighted by molar-refractivity contribution is 0.324. The molecule has 0 saturated carbocycles. The molecule has 1 aromatic carbocycles. The van der Waals surface area contributed by atoms with Gasteiger partial charge in [0.15, 0.2) is 5.17 Å². The van der Waals surface area contributed by atoms with Gasteiger partial charge in [-0.05, 0) is 32.0 Å². The van der Waals surface area contributed by atoms with Crippen LogP contribution in [0.2, 0.25) is 0 Å². The molecule has 1 unspecified atom stereocenters. The van der Waals surface area contributed by atoms with E-state index in [4.69, 9.17) is 0 Å². The van der Waals surface area contributed by atoms with Gasteiger partial charge in [-0.2, -0.15) is 0 Å². The van der Waals surface area contributed by atoms with Crippen molar-refractivity contribution in [2.24, 2.45) is 4.99 Å². The normalized spacial score (nSPS) is 20.6. The Morgan fingerprint density at radius 1 is 1.35 bits per heavy atom. The molecule has 4 heteroatoms. The smallest absolute Gasteiger partial charge is 0.156 e. The number of rotatable bonds is 7. The van der Waals surface area contributed by atoms with Crippen molar-refractivity contribution >= 4 is 16.9 Å². The number of benzene rings is 1. The third kappa shape index (κ3) is 5.17. The summed E-state index contributed by atoms with van der Waals surface area (Å²) in [4.78, 5) is 7.00. The molecule has 1 saturated heterocycles. The Labute approximate surface area is 126 Å². The maximum Gasteiger partial charge on any atom is 0.156 e. The molecule has 1 aromatic rings. The van der Waals surface area contributed by atoms with Crippen LogP contribution in [0.5, 0.6) is 0 Å². The van der Waals surface area contributed by atoms with Crippen molar-refractivity contribution in [2.45, 2.75) is 32.4 Å². The van der Waals surface area contributed by atoms with Gasteiger partial charge in [0.1, 0.15) is 0 Å². The van der Waals surface area contributed by atoms with Gasteiger partial charge in [-0.1, -0.05) is 49.0 Å². The highest BCUT2D eigenvalue weighted by molar-refractivity contribution is 8.14. The summed E-state index contributed by atoms with van der Waals surface area (Å²) in [5.74, 6) is 1.17. The second-order valence-corrected chi connectivity index (χ2v) is 6.33. The van der Waals surface area contributed by atoms with Crippen LogP contribution in [0, 0.1) is 0 Å². The van der Waals surface area contributed by atoms with Crippen LogP contribution in [0.1, 0.15) is 25.3 Å². The summed E-state index contributed by atoms with van der Waals surface area (Å²) in [6.45, 7) is 5.25. The Balaban J connectivity index is 1.62. The van der Waals surface area contributed by atoms with E-state index in [9.17, 15) is 0 Å². The van der Waals surface area contributed by atoms with Gasteiger partial charge in [0.05, 0.1) is 0 Å². The molecule has 1 aliphatic rings. The number of thioether (sulfide) groups is 1. The van der Waals surface area contributed by atoms with Crippen molar-refractivity contribution in [3.8, 4) is 0 Å². The van der Waals surface area contributed by atoms with E-state index in [0.29, 0.717) is 6.04 Å². The fourth-order valence-electron chi connectivity index (χ4n) is 2.24. The van der Waals surface area contributed by atoms with Crippen LogP contribution >= 0.6 is 11.8 Å². The Morgan fingerprint density at radius 2 is 2.15 bits per heavy atom. The molecular weight excluding hydrogens is 266 g/mol. The first-order valence-corrected chi connectivity index (χ1v) is 8.42. The summed E-state index contributed by atoms with van der Waals surface area (Å²) in [7, 11) is 2.18. The Kier molecular flexibility index (Phi) is 6.40. The number of nitrogens with zero attached hydrogens (tertiary/aromatic N) is 2. The molecule has 0 aliphatic carbocycles. The number of nitrogens with one attached hydrogen (secondary N) is 1. The number of amidine groups is 1. The molecule has 3 nitrogen and oxygen atoms in total. The van der Waals surface area contributed by atoms with E-state index in [0.717, 1.165) is 31.2 Å². The van der Waals surface area contributed by atoms with Gasteiger partial charge < -0.3 is 10.2 Å². The van der Waals surface area contributed by atoms with E-state index in [-0.39, 0.29) is 0 Å². The molecule has 1 atom stereocenters. The van der Waals surface area contributed by atoms with Crippen LogP contribution in [0.15, 0.2) is 35.3 Å². The standard InChI is InChI=1S/C16H25N3S/c1-3-15-13-20-16(18-15)17-10-7-11-19(2)12-14-8-5-4-6-9-14/h4-6,8-9,15H,3,7,10-13H2,1-2H3,(H,17,18). The van der Waals surface area contributed by atoms with Crippen molar-refractivity contribution in [2.75, 3.05) is 25.9 Å². The van der Waals surface area contributed by atoms with Crippen LogP contribution < -0.4 is 5.32 Å². The molecule has 0 aromatic heterocycles. The molecule has 110 valence electrons. The minimum Gasteiger partial charge on any atom is -0.361 e. The average molecular weight is 291 g/mol. The summed E-state index contributed by atoms with van der Waals surface area (Å²) in [6.07, 6.45) is 2.30. The minimum absolute atomic E-state index is 0.625. The monoisotopic (exact) mass is 291 g/mol. The average Bonchev–Trinajstić information content (AvgIpc) is 2.93. The van der Waals surface area contributed by atoms with Crippen molar-refractivity contribution in [1.82, 2.24) is 10.2 Å². The largest absolute Gasteiger partial charge is 0.361 e. The summed E-state index contributed by atoms with van der Waals surface area (Å²) in [6, 6.07) is 11.3. The zero-order chi connectivity index (χ0) is 14.2. The summed E-state index contributed by atoms with van der Waals surface area (Å²) < 4.78 is 0. The molecule has 1 N–H and O–H groups in total. The van der Waals surface area contributed by atoms with Crippen LogP contribution in [0.3, 0.4) is 0 Å². The van der Waals surface area contributed by atoms with Gasteiger partial charge in [-0.25, -0.2) is 0 Å². The van der Waals surface area contributed by atoms with E-state index in [1.54, 1.807) is 0 Å². The third-order valence-corrected chi connectivity index (χ3v) is 4.58. The second kappa shape index (κ2) is 8.32. The fourth-order valence-corrected chi connectivity index (χ4v) is 3.35.